The Morgan fingerprint density at radius 2 is 1.10 bits per heavy atom. The molecule has 2 aliphatic rings. The molecule has 0 aliphatic heterocycles. The molecule has 0 bridgehead atoms. The minimum absolute atomic E-state index is 0. The van der Waals surface area contributed by atoms with Crippen LogP contribution in [-0.2, 0) is 38.5 Å². The quantitative estimate of drug-likeness (QED) is 0.235. The second-order valence-electron chi connectivity index (χ2n) is 16.7. The van der Waals surface area contributed by atoms with Gasteiger partial charge in [0.25, 0.3) is 0 Å². The predicted molar refractivity (Wildman–Crippen MR) is 197 cm³/mol. The molecule has 0 saturated carbocycles. The van der Waals surface area contributed by atoms with Crippen molar-refractivity contribution in [3.8, 4) is 11.1 Å². The topological polar surface area (TPSA) is 0 Å². The van der Waals surface area contributed by atoms with Gasteiger partial charge >= 0.3 is 288 Å². The van der Waals surface area contributed by atoms with Crippen LogP contribution in [-0.4, -0.2) is 3.21 Å². The minimum atomic E-state index is -2.86. The molecule has 1 atom stereocenters. The van der Waals surface area contributed by atoms with Crippen molar-refractivity contribution in [2.45, 2.75) is 93.4 Å². The van der Waals surface area contributed by atoms with Gasteiger partial charge in [0.05, 0.1) is 0 Å². The van der Waals surface area contributed by atoms with Crippen molar-refractivity contribution >= 4 is 6.48 Å². The monoisotopic (exact) mass is 752 g/mol. The first kappa shape index (κ1) is 38.5. The van der Waals surface area contributed by atoms with Crippen LogP contribution in [0.5, 0.6) is 0 Å². The zero-order valence-corrected chi connectivity index (χ0v) is 34.7. The molecule has 3 heteroatoms. The van der Waals surface area contributed by atoms with Crippen LogP contribution in [0.4, 0.5) is 0 Å². The Bertz CT molecular complexity index is 1840. The van der Waals surface area contributed by atoms with E-state index < -0.39 is 21.3 Å². The Hall–Kier alpha value is -2.31. The summed E-state index contributed by atoms with van der Waals surface area (Å²) in [5.41, 5.74) is 14.9. The maximum absolute atomic E-state index is 2.86. The first-order valence-electron chi connectivity index (χ1n) is 17.2. The van der Waals surface area contributed by atoms with E-state index in [4.69, 9.17) is 0 Å². The SMILES string of the molecule is CC1=[C]([Zr+2](=[C](c2ccc(C(C)(C)C)cc2)c2ccc(C(C)(C)C)cc2)[c]2cccc3c2Cc2ccccc2-3)C(C)C=C1C(C)(C)C.[Cl-].[Cl-]. The molecule has 0 radical (unpaired) electrons. The van der Waals surface area contributed by atoms with Crippen molar-refractivity contribution < 1.29 is 46.1 Å². The van der Waals surface area contributed by atoms with E-state index in [1.54, 1.807) is 20.9 Å². The molecule has 0 nitrogen and oxygen atoms in total. The number of hydrogen-bond donors (Lipinski definition) is 0. The molecule has 0 spiro atoms. The van der Waals surface area contributed by atoms with Crippen LogP contribution in [0.3, 0.4) is 0 Å². The van der Waals surface area contributed by atoms with E-state index in [9.17, 15) is 0 Å². The van der Waals surface area contributed by atoms with E-state index >= 15 is 0 Å². The first-order chi connectivity index (χ1) is 21.6. The molecule has 250 valence electrons. The van der Waals surface area contributed by atoms with Crippen LogP contribution in [0.25, 0.3) is 11.1 Å². The van der Waals surface area contributed by atoms with Gasteiger partial charge in [0.15, 0.2) is 0 Å². The van der Waals surface area contributed by atoms with Gasteiger partial charge in [-0.05, 0) is 0 Å². The van der Waals surface area contributed by atoms with Crippen molar-refractivity contribution in [2.75, 3.05) is 0 Å². The molecule has 1 unspecified atom stereocenters. The van der Waals surface area contributed by atoms with Crippen LogP contribution in [0.1, 0.15) is 110 Å². The summed E-state index contributed by atoms with van der Waals surface area (Å²) in [7, 11) is 0. The summed E-state index contributed by atoms with van der Waals surface area (Å²) in [5, 5.41) is 0. The summed E-state index contributed by atoms with van der Waals surface area (Å²) in [5.74, 6) is 0.431. The van der Waals surface area contributed by atoms with Crippen LogP contribution >= 0.6 is 0 Å². The van der Waals surface area contributed by atoms with Gasteiger partial charge in [0, 0.05) is 0 Å². The molecule has 4 aromatic rings. The largest absolute Gasteiger partial charge is 1.00 e. The standard InChI is InChI=1S/C21H26.C13H9.C11H17.2ClH.Zr/c1-20(2,3)18-11-7-16(8-12-18)15-17-9-13-19(14-10-17)21(4,5)6;1-3-7-12-10(5-1)9-11-6-2-4-8-13(11)12;1-8-6-9(2)10(7-8)11(3,4)5;;;/h7-14H,1-6H3;1-5,7-8H,9H2;7-8H,1-5H3;2*1H;/q;;;;;+2/p-2. The minimum Gasteiger partial charge on any atom is -1.00 e. The fourth-order valence-corrected chi connectivity index (χ4v) is 16.5. The van der Waals surface area contributed by atoms with Crippen molar-refractivity contribution in [1.29, 1.82) is 0 Å². The van der Waals surface area contributed by atoms with Gasteiger partial charge in [-0.15, -0.1) is 0 Å². The molecule has 6 rings (SSSR count). The maximum Gasteiger partial charge on any atom is -1.00 e. The number of rotatable bonds is 4. The Morgan fingerprint density at radius 3 is 1.58 bits per heavy atom. The van der Waals surface area contributed by atoms with E-state index in [0.29, 0.717) is 5.92 Å². The Labute approximate surface area is 311 Å². The molecule has 0 amide bonds. The summed E-state index contributed by atoms with van der Waals surface area (Å²) < 4.78 is 5.00. The third kappa shape index (κ3) is 7.27. The van der Waals surface area contributed by atoms with Gasteiger partial charge in [-0.3, -0.25) is 0 Å². The Balaban J connectivity index is 0.00000260. The Kier molecular flexibility index (Phi) is 11.3. The molecule has 0 aromatic heterocycles. The fourth-order valence-electron chi connectivity index (χ4n) is 7.71. The summed E-state index contributed by atoms with van der Waals surface area (Å²) in [4.78, 5) is 0. The van der Waals surface area contributed by atoms with Crippen molar-refractivity contribution in [3.05, 3.63) is 145 Å². The summed E-state index contributed by atoms with van der Waals surface area (Å²) in [6.45, 7) is 26.0. The summed E-state index contributed by atoms with van der Waals surface area (Å²) >= 11 is -2.86. The smallest absolute Gasteiger partial charge is 1.00 e. The number of hydrogen-bond acceptors (Lipinski definition) is 0. The number of benzene rings is 4. The van der Waals surface area contributed by atoms with Gasteiger partial charge in [-0.25, -0.2) is 0 Å². The molecular formula is C45H52Cl2Zr. The average molecular weight is 755 g/mol. The average Bonchev–Trinajstić information content (AvgIpc) is 3.52. The van der Waals surface area contributed by atoms with Gasteiger partial charge in [0.2, 0.25) is 0 Å². The fraction of sp³-hybridized carbons (Fsp3) is 0.356. The molecule has 48 heavy (non-hydrogen) atoms. The molecule has 0 N–H and O–H groups in total. The van der Waals surface area contributed by atoms with E-state index in [1.165, 1.54) is 44.5 Å². The van der Waals surface area contributed by atoms with Crippen molar-refractivity contribution in [3.63, 3.8) is 0 Å². The van der Waals surface area contributed by atoms with Crippen molar-refractivity contribution in [1.82, 2.24) is 0 Å². The molecule has 0 heterocycles. The van der Waals surface area contributed by atoms with Crippen molar-refractivity contribution in [2.24, 2.45) is 11.3 Å². The number of halogens is 2. The third-order valence-electron chi connectivity index (χ3n) is 10.2. The number of allylic oxidation sites excluding steroid dienone is 4. The van der Waals surface area contributed by atoms with E-state index in [-0.39, 0.29) is 41.1 Å². The summed E-state index contributed by atoms with van der Waals surface area (Å²) in [6, 6.07) is 35.7. The zero-order chi connectivity index (χ0) is 33.2. The second-order valence-corrected chi connectivity index (χ2v) is 22.4. The first-order valence-corrected chi connectivity index (χ1v) is 20.8. The van der Waals surface area contributed by atoms with Crippen LogP contribution in [0.2, 0.25) is 0 Å². The normalized spacial score (nSPS) is 15.5. The van der Waals surface area contributed by atoms with Gasteiger partial charge in [0.1, 0.15) is 0 Å². The number of fused-ring (bicyclic) bond motifs is 3. The van der Waals surface area contributed by atoms with Gasteiger partial charge < -0.3 is 24.8 Å². The molecule has 4 aromatic carbocycles. The predicted octanol–water partition coefficient (Wildman–Crippen LogP) is 5.27. The Morgan fingerprint density at radius 1 is 0.604 bits per heavy atom. The van der Waals surface area contributed by atoms with Crippen LogP contribution < -0.4 is 28.1 Å². The van der Waals surface area contributed by atoms with E-state index in [2.05, 4.69) is 173 Å². The van der Waals surface area contributed by atoms with E-state index in [1.807, 2.05) is 0 Å². The van der Waals surface area contributed by atoms with Crippen LogP contribution in [0.15, 0.2) is 111 Å². The van der Waals surface area contributed by atoms with Gasteiger partial charge in [-0.2, -0.15) is 0 Å². The molecule has 0 saturated heterocycles. The molecular weight excluding hydrogens is 703 g/mol. The summed E-state index contributed by atoms with van der Waals surface area (Å²) in [6.07, 6.45) is 3.64. The maximum atomic E-state index is 2.60. The van der Waals surface area contributed by atoms with Crippen LogP contribution in [0, 0.1) is 11.3 Å². The molecule has 2 aliphatic carbocycles. The van der Waals surface area contributed by atoms with Gasteiger partial charge in [-0.1, -0.05) is 0 Å². The van der Waals surface area contributed by atoms with E-state index in [0.717, 1.165) is 6.42 Å². The second kappa shape index (κ2) is 14.1. The third-order valence-corrected chi connectivity index (χ3v) is 18.7. The zero-order valence-electron chi connectivity index (χ0n) is 30.8. The molecule has 0 fully saturated rings.